The van der Waals surface area contributed by atoms with E-state index in [0.717, 1.165) is 47.1 Å². The van der Waals surface area contributed by atoms with Crippen LogP contribution in [-0.2, 0) is 0 Å². The zero-order chi connectivity index (χ0) is 21.6. The maximum atomic E-state index is 12.8. The lowest BCUT2D eigenvalue weighted by molar-refractivity contribution is 0.102. The van der Waals surface area contributed by atoms with E-state index in [2.05, 4.69) is 28.6 Å². The van der Waals surface area contributed by atoms with Crippen LogP contribution < -0.4 is 10.6 Å². The first kappa shape index (κ1) is 20.9. The molecule has 0 radical (unpaired) electrons. The predicted molar refractivity (Wildman–Crippen MR) is 130 cm³/mol. The van der Waals surface area contributed by atoms with Crippen LogP contribution in [0.1, 0.15) is 30.1 Å². The number of aromatic nitrogens is 1. The zero-order valence-corrected chi connectivity index (χ0v) is 18.1. The Morgan fingerprint density at radius 3 is 2.58 bits per heavy atom. The third-order valence-electron chi connectivity index (χ3n) is 5.11. The SMILES string of the molecule is CCCCNc1ccc(C(=O)Nc2cc(Cl)cc(-c3nccc4ccccc34)c2)cc1. The number of carbonyl (C=O) groups excluding carboxylic acids is 1. The van der Waals surface area contributed by atoms with Gasteiger partial charge in [0.25, 0.3) is 5.91 Å². The molecular weight excluding hydrogens is 406 g/mol. The summed E-state index contributed by atoms with van der Waals surface area (Å²) in [5.74, 6) is -0.181. The second-order valence-corrected chi connectivity index (χ2v) is 7.86. The average molecular weight is 430 g/mol. The third kappa shape index (κ3) is 5.04. The van der Waals surface area contributed by atoms with Crippen LogP contribution in [0.4, 0.5) is 11.4 Å². The van der Waals surface area contributed by atoms with Crippen LogP contribution in [0.15, 0.2) is 79.0 Å². The van der Waals surface area contributed by atoms with Gasteiger partial charge in [0.15, 0.2) is 0 Å². The fourth-order valence-corrected chi connectivity index (χ4v) is 3.74. The van der Waals surface area contributed by atoms with Crippen LogP contribution in [0.3, 0.4) is 0 Å². The van der Waals surface area contributed by atoms with E-state index in [0.29, 0.717) is 16.3 Å². The molecule has 3 aromatic carbocycles. The van der Waals surface area contributed by atoms with E-state index in [1.165, 1.54) is 0 Å². The molecule has 0 aliphatic heterocycles. The molecule has 1 aromatic heterocycles. The number of nitrogens with one attached hydrogen (secondary N) is 2. The Labute approximate surface area is 187 Å². The van der Waals surface area contributed by atoms with Crippen molar-refractivity contribution in [1.29, 1.82) is 0 Å². The van der Waals surface area contributed by atoms with Crippen molar-refractivity contribution >= 4 is 39.7 Å². The molecule has 0 aliphatic rings. The zero-order valence-electron chi connectivity index (χ0n) is 17.4. The van der Waals surface area contributed by atoms with Crippen LogP contribution in [0.2, 0.25) is 5.02 Å². The number of pyridine rings is 1. The fraction of sp³-hybridized carbons (Fsp3) is 0.154. The van der Waals surface area contributed by atoms with Crippen molar-refractivity contribution in [3.8, 4) is 11.3 Å². The summed E-state index contributed by atoms with van der Waals surface area (Å²) in [5, 5.41) is 8.99. The number of hydrogen-bond acceptors (Lipinski definition) is 3. The lowest BCUT2D eigenvalue weighted by atomic mass is 10.0. The number of halogens is 1. The van der Waals surface area contributed by atoms with Crippen LogP contribution in [-0.4, -0.2) is 17.4 Å². The first-order chi connectivity index (χ1) is 15.1. The van der Waals surface area contributed by atoms with Crippen LogP contribution in [0.25, 0.3) is 22.0 Å². The second kappa shape index (κ2) is 9.63. The highest BCUT2D eigenvalue weighted by Crippen LogP contribution is 2.31. The molecule has 156 valence electrons. The van der Waals surface area contributed by atoms with Gasteiger partial charge in [-0.15, -0.1) is 0 Å². The van der Waals surface area contributed by atoms with E-state index in [4.69, 9.17) is 11.6 Å². The van der Waals surface area contributed by atoms with Gasteiger partial charge in [-0.2, -0.15) is 0 Å². The van der Waals surface area contributed by atoms with E-state index >= 15 is 0 Å². The Hall–Kier alpha value is -3.37. The smallest absolute Gasteiger partial charge is 0.255 e. The number of unbranched alkanes of at least 4 members (excludes halogenated alkanes) is 1. The maximum absolute atomic E-state index is 12.8. The van der Waals surface area contributed by atoms with Gasteiger partial charge in [0.2, 0.25) is 0 Å². The Kier molecular flexibility index (Phi) is 6.48. The molecule has 0 unspecified atom stereocenters. The first-order valence-corrected chi connectivity index (χ1v) is 10.8. The quantitative estimate of drug-likeness (QED) is 0.310. The molecule has 4 nitrogen and oxygen atoms in total. The molecule has 0 spiro atoms. The van der Waals surface area contributed by atoms with Gasteiger partial charge in [-0.1, -0.05) is 49.2 Å². The minimum absolute atomic E-state index is 0.181. The maximum Gasteiger partial charge on any atom is 0.255 e. The van der Waals surface area contributed by atoms with E-state index < -0.39 is 0 Å². The van der Waals surface area contributed by atoms with Crippen molar-refractivity contribution in [1.82, 2.24) is 4.98 Å². The van der Waals surface area contributed by atoms with Crippen molar-refractivity contribution in [2.75, 3.05) is 17.2 Å². The summed E-state index contributed by atoms with van der Waals surface area (Å²) in [5.41, 5.74) is 3.92. The van der Waals surface area contributed by atoms with Crippen molar-refractivity contribution in [3.63, 3.8) is 0 Å². The molecular formula is C26H24ClN3O. The van der Waals surface area contributed by atoms with Gasteiger partial charge < -0.3 is 10.6 Å². The Balaban J connectivity index is 1.55. The largest absolute Gasteiger partial charge is 0.385 e. The van der Waals surface area contributed by atoms with Crippen LogP contribution in [0.5, 0.6) is 0 Å². The standard InChI is InChI=1S/C26H24ClN3O/c1-2-3-13-28-22-10-8-19(9-11-22)26(31)30-23-16-20(15-21(27)17-23)25-24-7-5-4-6-18(24)12-14-29-25/h4-12,14-17,28H,2-3,13H2,1H3,(H,30,31). The van der Waals surface area contributed by atoms with Crippen molar-refractivity contribution in [2.24, 2.45) is 0 Å². The van der Waals surface area contributed by atoms with Gasteiger partial charge in [-0.05, 0) is 60.3 Å². The number of anilines is 2. The van der Waals surface area contributed by atoms with Crippen LogP contribution >= 0.6 is 11.6 Å². The first-order valence-electron chi connectivity index (χ1n) is 10.4. The molecule has 1 heterocycles. The van der Waals surface area contributed by atoms with Gasteiger partial charge in [0, 0.05) is 45.7 Å². The van der Waals surface area contributed by atoms with Crippen molar-refractivity contribution in [3.05, 3.63) is 89.6 Å². The summed E-state index contributed by atoms with van der Waals surface area (Å²) in [6, 6.07) is 23.1. The predicted octanol–water partition coefficient (Wildman–Crippen LogP) is 7.02. The van der Waals surface area contributed by atoms with Crippen molar-refractivity contribution < 1.29 is 4.79 Å². The number of fused-ring (bicyclic) bond motifs is 1. The average Bonchev–Trinajstić information content (AvgIpc) is 2.79. The monoisotopic (exact) mass is 429 g/mol. The molecule has 31 heavy (non-hydrogen) atoms. The lowest BCUT2D eigenvalue weighted by Crippen LogP contribution is -2.12. The molecule has 0 atom stereocenters. The summed E-state index contributed by atoms with van der Waals surface area (Å²) in [6.45, 7) is 3.09. The second-order valence-electron chi connectivity index (χ2n) is 7.42. The Bertz CT molecular complexity index is 1200. The molecule has 4 aromatic rings. The number of carbonyl (C=O) groups is 1. The summed E-state index contributed by atoms with van der Waals surface area (Å²) in [6.07, 6.45) is 4.04. The summed E-state index contributed by atoms with van der Waals surface area (Å²) >= 11 is 6.37. The molecule has 0 saturated carbocycles. The van der Waals surface area contributed by atoms with E-state index in [-0.39, 0.29) is 5.91 Å². The highest BCUT2D eigenvalue weighted by Gasteiger charge is 2.11. The van der Waals surface area contributed by atoms with E-state index in [9.17, 15) is 4.79 Å². The topological polar surface area (TPSA) is 54.0 Å². The third-order valence-corrected chi connectivity index (χ3v) is 5.33. The van der Waals surface area contributed by atoms with Gasteiger partial charge in [0.1, 0.15) is 0 Å². The summed E-state index contributed by atoms with van der Waals surface area (Å²) in [7, 11) is 0. The van der Waals surface area contributed by atoms with E-state index in [1.54, 1.807) is 12.3 Å². The molecule has 0 aliphatic carbocycles. The number of benzene rings is 3. The summed E-state index contributed by atoms with van der Waals surface area (Å²) < 4.78 is 0. The number of amides is 1. The van der Waals surface area contributed by atoms with Crippen molar-refractivity contribution in [2.45, 2.75) is 19.8 Å². The van der Waals surface area contributed by atoms with Gasteiger partial charge >= 0.3 is 0 Å². The Morgan fingerprint density at radius 2 is 1.77 bits per heavy atom. The highest BCUT2D eigenvalue weighted by molar-refractivity contribution is 6.31. The lowest BCUT2D eigenvalue weighted by Gasteiger charge is -2.11. The molecule has 4 rings (SSSR count). The molecule has 0 saturated heterocycles. The minimum Gasteiger partial charge on any atom is -0.385 e. The van der Waals surface area contributed by atoms with Gasteiger partial charge in [-0.3, -0.25) is 9.78 Å². The molecule has 2 N–H and O–H groups in total. The van der Waals surface area contributed by atoms with Gasteiger partial charge in [-0.25, -0.2) is 0 Å². The number of nitrogens with zero attached hydrogens (tertiary/aromatic N) is 1. The van der Waals surface area contributed by atoms with Crippen LogP contribution in [0, 0.1) is 0 Å². The molecule has 0 fully saturated rings. The normalized spacial score (nSPS) is 10.8. The number of hydrogen-bond donors (Lipinski definition) is 2. The molecule has 5 heteroatoms. The Morgan fingerprint density at radius 1 is 0.968 bits per heavy atom. The summed E-state index contributed by atoms with van der Waals surface area (Å²) in [4.78, 5) is 17.3. The molecule has 0 bridgehead atoms. The van der Waals surface area contributed by atoms with Gasteiger partial charge in [0.05, 0.1) is 5.69 Å². The highest BCUT2D eigenvalue weighted by atomic mass is 35.5. The minimum atomic E-state index is -0.181. The fourth-order valence-electron chi connectivity index (χ4n) is 3.50. The number of rotatable bonds is 7. The van der Waals surface area contributed by atoms with E-state index in [1.807, 2.05) is 60.7 Å². The molecule has 1 amide bonds.